The molecule has 1 aromatic heterocycles. The minimum Gasteiger partial charge on any atom is -0.310 e. The molecule has 1 aliphatic carbocycles. The minimum atomic E-state index is -3.75. The van der Waals surface area contributed by atoms with Crippen LogP contribution in [0.2, 0.25) is 0 Å². The van der Waals surface area contributed by atoms with E-state index in [9.17, 15) is 18.5 Å². The molecule has 0 aliphatic heterocycles. The number of hydrogen-bond donors (Lipinski definition) is 3. The molecule has 0 bridgehead atoms. The lowest BCUT2D eigenvalue weighted by Gasteiger charge is -2.26. The maximum absolute atomic E-state index is 12.3. The van der Waals surface area contributed by atoms with Gasteiger partial charge in [-0.25, -0.2) is 19.0 Å². The van der Waals surface area contributed by atoms with Gasteiger partial charge in [-0.2, -0.15) is 0 Å². The van der Waals surface area contributed by atoms with Gasteiger partial charge in [0.1, 0.15) is 4.21 Å². The first-order chi connectivity index (χ1) is 9.83. The van der Waals surface area contributed by atoms with Gasteiger partial charge in [-0.05, 0) is 31.6 Å². The number of nitrogens with two attached hydrogens (primary N) is 1. The summed E-state index contributed by atoms with van der Waals surface area (Å²) in [4.78, 5) is 10.2. The van der Waals surface area contributed by atoms with Gasteiger partial charge in [0, 0.05) is 12.1 Å². The zero-order chi connectivity index (χ0) is 15.6. The molecule has 1 fully saturated rings. The van der Waals surface area contributed by atoms with Crippen LogP contribution in [0.1, 0.15) is 32.6 Å². The predicted octanol–water partition coefficient (Wildman–Crippen LogP) is 1.80. The van der Waals surface area contributed by atoms with Crippen molar-refractivity contribution in [1.29, 1.82) is 0 Å². The van der Waals surface area contributed by atoms with Crippen LogP contribution in [0, 0.1) is 16.0 Å². The van der Waals surface area contributed by atoms with Gasteiger partial charge in [-0.3, -0.25) is 10.1 Å². The Hall–Kier alpha value is -1.23. The Morgan fingerprint density at radius 1 is 1.38 bits per heavy atom. The van der Waals surface area contributed by atoms with E-state index in [2.05, 4.69) is 17.1 Å². The Labute approximate surface area is 126 Å². The van der Waals surface area contributed by atoms with Gasteiger partial charge >= 0.3 is 5.69 Å². The van der Waals surface area contributed by atoms with E-state index < -0.39 is 14.9 Å². The van der Waals surface area contributed by atoms with Crippen molar-refractivity contribution in [2.45, 2.75) is 42.9 Å². The van der Waals surface area contributed by atoms with Gasteiger partial charge in [-0.15, -0.1) is 0 Å². The molecule has 10 heteroatoms. The minimum absolute atomic E-state index is 0.0256. The van der Waals surface area contributed by atoms with Gasteiger partial charge < -0.3 is 5.43 Å². The molecule has 1 heterocycles. The average molecular weight is 334 g/mol. The summed E-state index contributed by atoms with van der Waals surface area (Å²) >= 11 is 0.756. The van der Waals surface area contributed by atoms with Crippen LogP contribution < -0.4 is 16.0 Å². The summed E-state index contributed by atoms with van der Waals surface area (Å²) in [6, 6.07) is 0.926. The van der Waals surface area contributed by atoms with E-state index >= 15 is 0 Å². The molecule has 21 heavy (non-hydrogen) atoms. The number of anilines is 1. The highest BCUT2D eigenvalue weighted by Crippen LogP contribution is 2.36. The largest absolute Gasteiger partial charge is 0.310 e. The summed E-state index contributed by atoms with van der Waals surface area (Å²) in [6.45, 7) is 2.15. The van der Waals surface area contributed by atoms with Crippen LogP contribution in [0.15, 0.2) is 10.3 Å². The summed E-state index contributed by atoms with van der Waals surface area (Å²) < 4.78 is 27.1. The molecule has 1 saturated carbocycles. The first-order valence-electron chi connectivity index (χ1n) is 6.60. The second-order valence-electron chi connectivity index (χ2n) is 5.26. The van der Waals surface area contributed by atoms with Crippen LogP contribution in [0.25, 0.3) is 0 Å². The zero-order valence-electron chi connectivity index (χ0n) is 11.5. The van der Waals surface area contributed by atoms with Crippen molar-refractivity contribution in [1.82, 2.24) is 4.72 Å². The topological polar surface area (TPSA) is 127 Å². The van der Waals surface area contributed by atoms with Crippen LogP contribution in [0.3, 0.4) is 0 Å². The number of nitro groups is 1. The van der Waals surface area contributed by atoms with Crippen molar-refractivity contribution in [3.05, 3.63) is 16.2 Å². The molecule has 8 nitrogen and oxygen atoms in total. The summed E-state index contributed by atoms with van der Waals surface area (Å²) in [7, 11) is -3.75. The number of nitrogen functional groups attached to an aromatic ring is 1. The molecule has 0 radical (unpaired) electrons. The Bertz CT molecular complexity index is 620. The number of nitrogens with one attached hydrogen (secondary N) is 2. The fourth-order valence-electron chi connectivity index (χ4n) is 2.39. The van der Waals surface area contributed by atoms with Crippen molar-refractivity contribution in [2.24, 2.45) is 11.8 Å². The van der Waals surface area contributed by atoms with Crippen LogP contribution >= 0.6 is 11.3 Å². The molecule has 118 valence electrons. The molecule has 2 rings (SSSR count). The third-order valence-electron chi connectivity index (χ3n) is 3.62. The van der Waals surface area contributed by atoms with Crippen LogP contribution in [0.4, 0.5) is 10.7 Å². The molecule has 1 aliphatic rings. The lowest BCUT2D eigenvalue weighted by Crippen LogP contribution is -2.36. The van der Waals surface area contributed by atoms with Gasteiger partial charge in [0.05, 0.1) is 4.92 Å². The third-order valence-corrected chi connectivity index (χ3v) is 6.67. The van der Waals surface area contributed by atoms with Crippen molar-refractivity contribution < 1.29 is 13.3 Å². The van der Waals surface area contributed by atoms with E-state index in [1.165, 1.54) is 0 Å². The standard InChI is InChI=1S/C11H18N4O4S2/c1-7-2-4-8(5-3-7)14-21(18,19)10-6-9(15(16)17)11(13-12)20-10/h6-8,13-14H,2-5,12H2,1H3. The predicted molar refractivity (Wildman–Crippen MR) is 80.5 cm³/mol. The van der Waals surface area contributed by atoms with Gasteiger partial charge in [-0.1, -0.05) is 18.3 Å². The van der Waals surface area contributed by atoms with E-state index in [1.54, 1.807) is 0 Å². The molecule has 4 N–H and O–H groups in total. The normalized spacial score (nSPS) is 23.0. The summed E-state index contributed by atoms with van der Waals surface area (Å²) in [6.07, 6.45) is 3.53. The van der Waals surface area contributed by atoms with Crippen LogP contribution in [-0.2, 0) is 10.0 Å². The van der Waals surface area contributed by atoms with Gasteiger partial charge in [0.2, 0.25) is 0 Å². The first kappa shape index (κ1) is 16.1. The lowest BCUT2D eigenvalue weighted by molar-refractivity contribution is -0.383. The quantitative estimate of drug-likeness (QED) is 0.428. The summed E-state index contributed by atoms with van der Waals surface area (Å²) in [5.41, 5.74) is 1.83. The van der Waals surface area contributed by atoms with Crippen LogP contribution in [0.5, 0.6) is 0 Å². The molecule has 0 atom stereocenters. The number of hydrazine groups is 1. The van der Waals surface area contributed by atoms with Crippen molar-refractivity contribution >= 4 is 32.0 Å². The maximum atomic E-state index is 12.3. The monoisotopic (exact) mass is 334 g/mol. The van der Waals surface area contributed by atoms with Gasteiger partial charge in [0.25, 0.3) is 10.0 Å². The summed E-state index contributed by atoms with van der Waals surface area (Å²) in [5, 5.41) is 10.9. The molecule has 0 aromatic carbocycles. The van der Waals surface area contributed by atoms with E-state index in [1.807, 2.05) is 0 Å². The Morgan fingerprint density at radius 2 is 2.00 bits per heavy atom. The number of nitrogens with zero attached hydrogens (tertiary/aromatic N) is 1. The molecule has 0 spiro atoms. The number of thiophene rings is 1. The van der Waals surface area contributed by atoms with Crippen molar-refractivity contribution in [3.8, 4) is 0 Å². The number of hydrogen-bond acceptors (Lipinski definition) is 7. The SMILES string of the molecule is CC1CCC(NS(=O)(=O)c2cc([N+](=O)[O-])c(NN)s2)CC1. The Balaban J connectivity index is 2.18. The van der Waals surface area contributed by atoms with Crippen molar-refractivity contribution in [2.75, 3.05) is 5.43 Å². The molecule has 0 amide bonds. The molecule has 1 aromatic rings. The van der Waals surface area contributed by atoms with E-state index in [-0.39, 0.29) is 20.9 Å². The van der Waals surface area contributed by atoms with Crippen molar-refractivity contribution in [3.63, 3.8) is 0 Å². The molecular formula is C11H18N4O4S2. The fourth-order valence-corrected chi connectivity index (χ4v) is 4.95. The average Bonchev–Trinajstić information content (AvgIpc) is 2.86. The summed E-state index contributed by atoms with van der Waals surface area (Å²) in [5.74, 6) is 5.80. The maximum Gasteiger partial charge on any atom is 0.306 e. The van der Waals surface area contributed by atoms with Crippen LogP contribution in [-0.4, -0.2) is 19.4 Å². The highest BCUT2D eigenvalue weighted by molar-refractivity contribution is 7.91. The first-order valence-corrected chi connectivity index (χ1v) is 8.90. The zero-order valence-corrected chi connectivity index (χ0v) is 13.2. The second-order valence-corrected chi connectivity index (χ2v) is 8.25. The van der Waals surface area contributed by atoms with E-state index in [4.69, 9.17) is 5.84 Å². The van der Waals surface area contributed by atoms with E-state index in [0.29, 0.717) is 5.92 Å². The molecule has 0 unspecified atom stereocenters. The Morgan fingerprint density at radius 3 is 2.48 bits per heavy atom. The van der Waals surface area contributed by atoms with E-state index in [0.717, 1.165) is 43.1 Å². The molecular weight excluding hydrogens is 316 g/mol. The van der Waals surface area contributed by atoms with Gasteiger partial charge in [0.15, 0.2) is 5.00 Å². The molecule has 0 saturated heterocycles. The lowest BCUT2D eigenvalue weighted by atomic mass is 9.88. The smallest absolute Gasteiger partial charge is 0.306 e. The number of rotatable bonds is 5. The second kappa shape index (κ2) is 6.26. The highest BCUT2D eigenvalue weighted by Gasteiger charge is 2.29. The fraction of sp³-hybridized carbons (Fsp3) is 0.636. The number of sulfonamides is 1. The third kappa shape index (κ3) is 3.70. The Kier molecular flexibility index (Phi) is 4.81. The highest BCUT2D eigenvalue weighted by atomic mass is 32.2.